The summed E-state index contributed by atoms with van der Waals surface area (Å²) in [7, 11) is -3.47. The van der Waals surface area contributed by atoms with Crippen molar-refractivity contribution in [3.63, 3.8) is 0 Å². The SMILES string of the molecule is Cc1cc(S(=O)(=O)NCCc2ccccc2)c(C)cc1Br. The van der Waals surface area contributed by atoms with Gasteiger partial charge in [-0.1, -0.05) is 46.3 Å². The van der Waals surface area contributed by atoms with Crippen LogP contribution in [0.4, 0.5) is 0 Å². The van der Waals surface area contributed by atoms with E-state index < -0.39 is 10.0 Å². The normalized spacial score (nSPS) is 11.6. The Hall–Kier alpha value is -1.17. The van der Waals surface area contributed by atoms with Gasteiger partial charge in [-0.15, -0.1) is 0 Å². The van der Waals surface area contributed by atoms with Crippen LogP contribution in [0, 0.1) is 13.8 Å². The van der Waals surface area contributed by atoms with Gasteiger partial charge in [0.15, 0.2) is 0 Å². The Balaban J connectivity index is 2.10. The zero-order chi connectivity index (χ0) is 15.5. The van der Waals surface area contributed by atoms with Crippen molar-refractivity contribution in [2.45, 2.75) is 25.2 Å². The minimum atomic E-state index is -3.47. The van der Waals surface area contributed by atoms with Gasteiger partial charge in [0.2, 0.25) is 10.0 Å². The molecule has 0 aliphatic heterocycles. The maximum Gasteiger partial charge on any atom is 0.240 e. The van der Waals surface area contributed by atoms with Gasteiger partial charge < -0.3 is 0 Å². The minimum absolute atomic E-state index is 0.344. The zero-order valence-electron chi connectivity index (χ0n) is 12.1. The van der Waals surface area contributed by atoms with Crippen LogP contribution in [0.15, 0.2) is 51.8 Å². The van der Waals surface area contributed by atoms with Gasteiger partial charge in [0, 0.05) is 11.0 Å². The minimum Gasteiger partial charge on any atom is -0.211 e. The maximum absolute atomic E-state index is 12.4. The van der Waals surface area contributed by atoms with Gasteiger partial charge in [-0.3, -0.25) is 0 Å². The summed E-state index contributed by atoms with van der Waals surface area (Å²) in [6.07, 6.45) is 0.675. The molecule has 2 rings (SSSR count). The van der Waals surface area contributed by atoms with Gasteiger partial charge in [-0.05, 0) is 49.1 Å². The second-order valence-electron chi connectivity index (χ2n) is 5.00. The standard InChI is InChI=1S/C16H18BrNO2S/c1-12-11-16(13(2)10-15(12)17)21(19,20)18-9-8-14-6-4-3-5-7-14/h3-7,10-11,18H,8-9H2,1-2H3. The third kappa shape index (κ3) is 4.15. The smallest absolute Gasteiger partial charge is 0.211 e. The van der Waals surface area contributed by atoms with Crippen LogP contribution in [0.5, 0.6) is 0 Å². The first-order valence-electron chi connectivity index (χ1n) is 6.70. The van der Waals surface area contributed by atoms with Crippen LogP contribution >= 0.6 is 15.9 Å². The van der Waals surface area contributed by atoms with E-state index in [0.29, 0.717) is 17.9 Å². The second-order valence-corrected chi connectivity index (χ2v) is 7.59. The molecule has 0 spiro atoms. The van der Waals surface area contributed by atoms with E-state index in [-0.39, 0.29) is 0 Å². The fourth-order valence-electron chi connectivity index (χ4n) is 2.10. The average Bonchev–Trinajstić information content (AvgIpc) is 2.43. The fourth-order valence-corrected chi connectivity index (χ4v) is 3.90. The Morgan fingerprint density at radius 3 is 2.38 bits per heavy atom. The Morgan fingerprint density at radius 2 is 1.71 bits per heavy atom. The molecular weight excluding hydrogens is 350 g/mol. The van der Waals surface area contributed by atoms with E-state index in [1.807, 2.05) is 43.3 Å². The molecule has 2 aromatic rings. The molecule has 0 radical (unpaired) electrons. The lowest BCUT2D eigenvalue weighted by Gasteiger charge is -2.11. The number of benzene rings is 2. The molecule has 0 amide bonds. The van der Waals surface area contributed by atoms with Crippen molar-refractivity contribution in [2.75, 3.05) is 6.54 Å². The van der Waals surface area contributed by atoms with Crippen molar-refractivity contribution in [1.29, 1.82) is 0 Å². The van der Waals surface area contributed by atoms with Crippen molar-refractivity contribution in [1.82, 2.24) is 4.72 Å². The fraction of sp³-hybridized carbons (Fsp3) is 0.250. The third-order valence-corrected chi connectivity index (χ3v) is 5.75. The molecule has 5 heteroatoms. The molecule has 0 bridgehead atoms. The number of hydrogen-bond donors (Lipinski definition) is 1. The molecule has 0 atom stereocenters. The van der Waals surface area contributed by atoms with Crippen LogP contribution in [-0.2, 0) is 16.4 Å². The van der Waals surface area contributed by atoms with Crippen molar-refractivity contribution < 1.29 is 8.42 Å². The van der Waals surface area contributed by atoms with Gasteiger partial charge in [0.1, 0.15) is 0 Å². The van der Waals surface area contributed by atoms with Crippen LogP contribution in [0.2, 0.25) is 0 Å². The lowest BCUT2D eigenvalue weighted by Crippen LogP contribution is -2.26. The van der Waals surface area contributed by atoms with Gasteiger partial charge in [0.05, 0.1) is 4.90 Å². The first-order chi connectivity index (χ1) is 9.90. The highest BCUT2D eigenvalue weighted by molar-refractivity contribution is 9.10. The summed E-state index contributed by atoms with van der Waals surface area (Å²) in [5.74, 6) is 0. The van der Waals surface area contributed by atoms with Crippen molar-refractivity contribution >= 4 is 26.0 Å². The Labute approximate surface area is 134 Å². The van der Waals surface area contributed by atoms with Gasteiger partial charge in [-0.2, -0.15) is 0 Å². The van der Waals surface area contributed by atoms with Gasteiger partial charge in [-0.25, -0.2) is 13.1 Å². The molecule has 2 aromatic carbocycles. The molecule has 112 valence electrons. The predicted octanol–water partition coefficient (Wildman–Crippen LogP) is 3.59. The molecular formula is C16H18BrNO2S. The lowest BCUT2D eigenvalue weighted by molar-refractivity contribution is 0.581. The number of sulfonamides is 1. The van der Waals surface area contributed by atoms with E-state index in [9.17, 15) is 8.42 Å². The van der Waals surface area contributed by atoms with E-state index in [2.05, 4.69) is 20.7 Å². The van der Waals surface area contributed by atoms with Crippen LogP contribution in [0.1, 0.15) is 16.7 Å². The molecule has 0 aliphatic rings. The van der Waals surface area contributed by atoms with Crippen LogP contribution in [0.25, 0.3) is 0 Å². The van der Waals surface area contributed by atoms with Crippen LogP contribution < -0.4 is 4.72 Å². The van der Waals surface area contributed by atoms with Crippen LogP contribution in [0.3, 0.4) is 0 Å². The van der Waals surface area contributed by atoms with Crippen molar-refractivity contribution in [2.24, 2.45) is 0 Å². The van der Waals surface area contributed by atoms with Crippen molar-refractivity contribution in [3.8, 4) is 0 Å². The molecule has 0 saturated heterocycles. The number of hydrogen-bond acceptors (Lipinski definition) is 2. The molecule has 0 heterocycles. The number of nitrogens with one attached hydrogen (secondary N) is 1. The van der Waals surface area contributed by atoms with Crippen LogP contribution in [-0.4, -0.2) is 15.0 Å². The van der Waals surface area contributed by atoms with E-state index in [0.717, 1.165) is 21.2 Å². The summed E-state index contributed by atoms with van der Waals surface area (Å²) in [5.41, 5.74) is 2.76. The van der Waals surface area contributed by atoms with E-state index in [1.54, 1.807) is 13.0 Å². The summed E-state index contributed by atoms with van der Waals surface area (Å²) in [6.45, 7) is 4.07. The molecule has 0 saturated carbocycles. The number of rotatable bonds is 5. The second kappa shape index (κ2) is 6.73. The molecule has 21 heavy (non-hydrogen) atoms. The maximum atomic E-state index is 12.4. The topological polar surface area (TPSA) is 46.2 Å². The van der Waals surface area contributed by atoms with E-state index in [1.165, 1.54) is 0 Å². The highest BCUT2D eigenvalue weighted by atomic mass is 79.9. The molecule has 0 aromatic heterocycles. The molecule has 0 aliphatic carbocycles. The zero-order valence-corrected chi connectivity index (χ0v) is 14.5. The van der Waals surface area contributed by atoms with Gasteiger partial charge in [0.25, 0.3) is 0 Å². The number of halogens is 1. The number of aryl methyl sites for hydroxylation is 2. The third-order valence-electron chi connectivity index (χ3n) is 3.29. The highest BCUT2D eigenvalue weighted by Crippen LogP contribution is 2.24. The monoisotopic (exact) mass is 367 g/mol. The van der Waals surface area contributed by atoms with Gasteiger partial charge >= 0.3 is 0 Å². The summed E-state index contributed by atoms with van der Waals surface area (Å²) in [5, 5.41) is 0. The molecule has 0 fully saturated rings. The van der Waals surface area contributed by atoms with E-state index in [4.69, 9.17) is 0 Å². The van der Waals surface area contributed by atoms with E-state index >= 15 is 0 Å². The summed E-state index contributed by atoms with van der Waals surface area (Å²) >= 11 is 3.41. The van der Waals surface area contributed by atoms with Crippen molar-refractivity contribution in [3.05, 3.63) is 63.6 Å². The average molecular weight is 368 g/mol. The first-order valence-corrected chi connectivity index (χ1v) is 8.98. The quantitative estimate of drug-likeness (QED) is 0.877. The Bertz CT molecular complexity index is 727. The molecule has 0 unspecified atom stereocenters. The molecule has 3 nitrogen and oxygen atoms in total. The summed E-state index contributed by atoms with van der Waals surface area (Å²) < 4.78 is 28.3. The Morgan fingerprint density at radius 1 is 1.05 bits per heavy atom. The summed E-state index contributed by atoms with van der Waals surface area (Å²) in [4.78, 5) is 0.344. The predicted molar refractivity (Wildman–Crippen MR) is 89.0 cm³/mol. The first kappa shape index (κ1) is 16.2. The lowest BCUT2D eigenvalue weighted by atomic mass is 10.2. The molecule has 1 N–H and O–H groups in total. The summed E-state index contributed by atoms with van der Waals surface area (Å²) in [6, 6.07) is 13.4. The largest absolute Gasteiger partial charge is 0.240 e. The Kier molecular flexibility index (Phi) is 5.19. The highest BCUT2D eigenvalue weighted by Gasteiger charge is 2.17.